The maximum atomic E-state index is 13.0. The van der Waals surface area contributed by atoms with Crippen LogP contribution in [0.4, 0.5) is 5.69 Å². The molecule has 0 saturated heterocycles. The summed E-state index contributed by atoms with van der Waals surface area (Å²) in [6.45, 7) is 0.439. The number of nitrogens with one attached hydrogen (secondary N) is 2. The Bertz CT molecular complexity index is 872. The number of amides is 2. The molecule has 2 aliphatic carbocycles. The minimum absolute atomic E-state index is 0.0448. The van der Waals surface area contributed by atoms with Crippen LogP contribution in [0.2, 0.25) is 5.02 Å². The molecule has 2 aromatic rings. The Hall–Kier alpha value is -2.33. The summed E-state index contributed by atoms with van der Waals surface area (Å²) in [7, 11) is 0. The fourth-order valence-electron chi connectivity index (χ4n) is 3.66. The van der Waals surface area contributed by atoms with Gasteiger partial charge in [0.05, 0.1) is 5.41 Å². The van der Waals surface area contributed by atoms with Crippen molar-refractivity contribution in [1.82, 2.24) is 5.32 Å². The van der Waals surface area contributed by atoms with Crippen molar-refractivity contribution in [3.8, 4) is 0 Å². The Morgan fingerprint density at radius 1 is 1.07 bits per heavy atom. The van der Waals surface area contributed by atoms with E-state index < -0.39 is 5.41 Å². The maximum absolute atomic E-state index is 13.0. The molecule has 2 fully saturated rings. The van der Waals surface area contributed by atoms with Crippen molar-refractivity contribution in [2.45, 2.75) is 44.1 Å². The topological polar surface area (TPSA) is 58.2 Å². The summed E-state index contributed by atoms with van der Waals surface area (Å²) in [6, 6.07) is 15.3. The molecule has 0 heterocycles. The van der Waals surface area contributed by atoms with E-state index in [-0.39, 0.29) is 17.7 Å². The van der Waals surface area contributed by atoms with Crippen LogP contribution in [0.5, 0.6) is 0 Å². The smallest absolute Gasteiger partial charge is 0.230 e. The highest BCUT2D eigenvalue weighted by molar-refractivity contribution is 6.30. The first-order valence-electron chi connectivity index (χ1n) is 9.51. The predicted molar refractivity (Wildman–Crippen MR) is 107 cm³/mol. The van der Waals surface area contributed by atoms with E-state index in [0.717, 1.165) is 48.9 Å². The first-order chi connectivity index (χ1) is 13.1. The van der Waals surface area contributed by atoms with E-state index >= 15 is 0 Å². The first kappa shape index (κ1) is 18.1. The second-order valence-electron chi connectivity index (χ2n) is 7.59. The van der Waals surface area contributed by atoms with E-state index in [4.69, 9.17) is 11.6 Å². The van der Waals surface area contributed by atoms with Gasteiger partial charge in [-0.15, -0.1) is 0 Å². The van der Waals surface area contributed by atoms with Crippen LogP contribution in [0, 0.1) is 5.92 Å². The van der Waals surface area contributed by atoms with Gasteiger partial charge >= 0.3 is 0 Å². The average molecular weight is 383 g/mol. The highest BCUT2D eigenvalue weighted by atomic mass is 35.5. The Balaban J connectivity index is 1.42. The summed E-state index contributed by atoms with van der Waals surface area (Å²) in [5.41, 5.74) is 2.27. The first-order valence-corrected chi connectivity index (χ1v) is 9.89. The number of anilines is 1. The zero-order chi connectivity index (χ0) is 18.9. The molecule has 2 aliphatic rings. The van der Waals surface area contributed by atoms with E-state index in [0.29, 0.717) is 11.6 Å². The van der Waals surface area contributed by atoms with Crippen LogP contribution in [-0.2, 0) is 21.5 Å². The van der Waals surface area contributed by atoms with Crippen molar-refractivity contribution in [2.24, 2.45) is 5.92 Å². The molecule has 4 nitrogen and oxygen atoms in total. The Kier molecular flexibility index (Phi) is 4.92. The summed E-state index contributed by atoms with van der Waals surface area (Å²) in [4.78, 5) is 24.9. The molecule has 140 valence electrons. The maximum Gasteiger partial charge on any atom is 0.230 e. The second kappa shape index (κ2) is 7.35. The van der Waals surface area contributed by atoms with Crippen molar-refractivity contribution in [3.05, 3.63) is 64.7 Å². The van der Waals surface area contributed by atoms with Crippen molar-refractivity contribution in [2.75, 3.05) is 5.32 Å². The van der Waals surface area contributed by atoms with Crippen molar-refractivity contribution >= 4 is 29.1 Å². The molecule has 27 heavy (non-hydrogen) atoms. The van der Waals surface area contributed by atoms with E-state index in [1.165, 1.54) is 0 Å². The standard InChI is InChI=1S/C22H23ClN2O2/c23-18-6-2-5-17(13-18)22(10-3-11-22)21(27)24-14-15-4-1-7-19(12-15)25-20(26)16-8-9-16/h1-2,4-7,12-13,16H,3,8-11,14H2,(H,24,27)(H,25,26). The molecule has 2 aromatic carbocycles. The van der Waals surface area contributed by atoms with Gasteiger partial charge in [0.1, 0.15) is 0 Å². The lowest BCUT2D eigenvalue weighted by molar-refractivity contribution is -0.130. The van der Waals surface area contributed by atoms with Crippen LogP contribution >= 0.6 is 11.6 Å². The number of carbonyl (C=O) groups is 2. The number of rotatable bonds is 6. The molecule has 0 radical (unpaired) electrons. The number of benzene rings is 2. The van der Waals surface area contributed by atoms with Crippen molar-refractivity contribution in [1.29, 1.82) is 0 Å². The lowest BCUT2D eigenvalue weighted by atomic mass is 9.64. The summed E-state index contributed by atoms with van der Waals surface area (Å²) in [5.74, 6) is 0.304. The molecule has 2 N–H and O–H groups in total. The zero-order valence-corrected chi connectivity index (χ0v) is 15.9. The largest absolute Gasteiger partial charge is 0.351 e. The van der Waals surface area contributed by atoms with Crippen molar-refractivity contribution < 1.29 is 9.59 Å². The van der Waals surface area contributed by atoms with Crippen LogP contribution in [0.15, 0.2) is 48.5 Å². The van der Waals surface area contributed by atoms with Crippen LogP contribution < -0.4 is 10.6 Å². The number of carbonyl (C=O) groups excluding carboxylic acids is 2. The predicted octanol–water partition coefficient (Wildman–Crippen LogP) is 4.43. The Morgan fingerprint density at radius 2 is 1.85 bits per heavy atom. The van der Waals surface area contributed by atoms with Gasteiger partial charge < -0.3 is 10.6 Å². The van der Waals surface area contributed by atoms with Crippen LogP contribution in [0.1, 0.15) is 43.2 Å². The molecule has 5 heteroatoms. The Labute approximate surface area is 164 Å². The average Bonchev–Trinajstić information content (AvgIpc) is 3.45. The summed E-state index contributed by atoms with van der Waals surface area (Å²) in [6.07, 6.45) is 4.69. The van der Waals surface area contributed by atoms with E-state index in [9.17, 15) is 9.59 Å². The van der Waals surface area contributed by atoms with Gasteiger partial charge in [0.25, 0.3) is 0 Å². The second-order valence-corrected chi connectivity index (χ2v) is 8.03. The lowest BCUT2D eigenvalue weighted by Crippen LogP contribution is -2.49. The molecule has 4 rings (SSSR count). The normalized spacial score (nSPS) is 17.7. The van der Waals surface area contributed by atoms with Gasteiger partial charge in [-0.2, -0.15) is 0 Å². The van der Waals surface area contributed by atoms with Gasteiger partial charge in [-0.05, 0) is 61.1 Å². The molecule has 0 aliphatic heterocycles. The van der Waals surface area contributed by atoms with Gasteiger partial charge in [0.2, 0.25) is 11.8 Å². The van der Waals surface area contributed by atoms with Crippen LogP contribution in [0.25, 0.3) is 0 Å². The van der Waals surface area contributed by atoms with E-state index in [1.54, 1.807) is 0 Å². The molecule has 0 aromatic heterocycles. The minimum Gasteiger partial charge on any atom is -0.351 e. The third-order valence-corrected chi connectivity index (χ3v) is 5.85. The molecule has 2 amide bonds. The minimum atomic E-state index is -0.470. The third kappa shape index (κ3) is 3.86. The molecule has 0 atom stereocenters. The molecule has 0 spiro atoms. The van der Waals surface area contributed by atoms with Gasteiger partial charge in [-0.3, -0.25) is 9.59 Å². The molecule has 0 unspecified atom stereocenters. The zero-order valence-electron chi connectivity index (χ0n) is 15.1. The number of hydrogen-bond donors (Lipinski definition) is 2. The summed E-state index contributed by atoms with van der Waals surface area (Å²) < 4.78 is 0. The molecule has 0 bridgehead atoms. The van der Waals surface area contributed by atoms with Gasteiger partial charge in [0.15, 0.2) is 0 Å². The van der Waals surface area contributed by atoms with Gasteiger partial charge in [-0.1, -0.05) is 42.3 Å². The fraction of sp³-hybridized carbons (Fsp3) is 0.364. The van der Waals surface area contributed by atoms with Gasteiger partial charge in [-0.25, -0.2) is 0 Å². The van der Waals surface area contributed by atoms with E-state index in [2.05, 4.69) is 10.6 Å². The Morgan fingerprint density at radius 3 is 2.52 bits per heavy atom. The quantitative estimate of drug-likeness (QED) is 0.776. The van der Waals surface area contributed by atoms with Crippen molar-refractivity contribution in [3.63, 3.8) is 0 Å². The highest BCUT2D eigenvalue weighted by Gasteiger charge is 2.45. The van der Waals surface area contributed by atoms with Gasteiger partial charge in [0, 0.05) is 23.2 Å². The lowest BCUT2D eigenvalue weighted by Gasteiger charge is -2.40. The number of halogens is 1. The highest BCUT2D eigenvalue weighted by Crippen LogP contribution is 2.44. The summed E-state index contributed by atoms with van der Waals surface area (Å²) in [5, 5.41) is 6.69. The molecular weight excluding hydrogens is 360 g/mol. The fourth-order valence-corrected chi connectivity index (χ4v) is 3.85. The van der Waals surface area contributed by atoms with Crippen LogP contribution in [0.3, 0.4) is 0 Å². The monoisotopic (exact) mass is 382 g/mol. The van der Waals surface area contributed by atoms with Crippen LogP contribution in [-0.4, -0.2) is 11.8 Å². The number of hydrogen-bond acceptors (Lipinski definition) is 2. The third-order valence-electron chi connectivity index (χ3n) is 5.61. The SMILES string of the molecule is O=C(Nc1cccc(CNC(=O)C2(c3cccc(Cl)c3)CCC2)c1)C1CC1. The molecule has 2 saturated carbocycles. The molecular formula is C22H23ClN2O2. The van der Waals surface area contributed by atoms with E-state index in [1.807, 2.05) is 48.5 Å². The summed E-state index contributed by atoms with van der Waals surface area (Å²) >= 11 is 6.13.